The summed E-state index contributed by atoms with van der Waals surface area (Å²) >= 11 is 1.84. The fourth-order valence-corrected chi connectivity index (χ4v) is 3.68. The first-order valence-electron chi connectivity index (χ1n) is 7.51. The van der Waals surface area contributed by atoms with Crippen molar-refractivity contribution >= 4 is 23.7 Å². The van der Waals surface area contributed by atoms with Crippen molar-refractivity contribution in [2.45, 2.75) is 32.4 Å². The van der Waals surface area contributed by atoms with Gasteiger partial charge in [0.15, 0.2) is 0 Å². The zero-order valence-electron chi connectivity index (χ0n) is 13.3. The average molecular weight is 342 g/mol. The third kappa shape index (κ3) is 3.68. The van der Waals surface area contributed by atoms with Gasteiger partial charge in [-0.05, 0) is 5.92 Å². The Balaban J connectivity index is 0.00000176. The fourth-order valence-electron chi connectivity index (χ4n) is 2.73. The van der Waals surface area contributed by atoms with E-state index in [0.29, 0.717) is 12.0 Å². The minimum atomic E-state index is 0. The summed E-state index contributed by atoms with van der Waals surface area (Å²) in [5, 5.41) is 4.69. The minimum absolute atomic E-state index is 0. The number of thiazole rings is 1. The Labute approximate surface area is 142 Å². The summed E-state index contributed by atoms with van der Waals surface area (Å²) in [6.45, 7) is 8.37. The molecule has 1 saturated heterocycles. The van der Waals surface area contributed by atoms with Crippen molar-refractivity contribution in [2.75, 3.05) is 19.6 Å². The van der Waals surface area contributed by atoms with Crippen LogP contribution >= 0.6 is 23.7 Å². The van der Waals surface area contributed by atoms with Gasteiger partial charge in [0.2, 0.25) is 0 Å². The number of rotatable bonds is 4. The number of hydrogen-bond donors (Lipinski definition) is 1. The molecule has 2 aromatic heterocycles. The maximum Gasteiger partial charge on any atom is 0.127 e. The lowest BCUT2D eigenvalue weighted by Gasteiger charge is -2.35. The topological polar surface area (TPSA) is 46.0 Å². The van der Waals surface area contributed by atoms with Crippen LogP contribution in [0.3, 0.4) is 0 Å². The van der Waals surface area contributed by atoms with Gasteiger partial charge in [-0.15, -0.1) is 23.7 Å². The van der Waals surface area contributed by atoms with Crippen molar-refractivity contribution in [2.24, 2.45) is 7.05 Å². The van der Waals surface area contributed by atoms with Gasteiger partial charge in [-0.2, -0.15) is 0 Å². The van der Waals surface area contributed by atoms with E-state index in [2.05, 4.69) is 45.6 Å². The van der Waals surface area contributed by atoms with Gasteiger partial charge in [0.05, 0.1) is 12.6 Å². The molecule has 0 spiro atoms. The summed E-state index contributed by atoms with van der Waals surface area (Å²) in [7, 11) is 2.06. The van der Waals surface area contributed by atoms with E-state index in [1.165, 1.54) is 9.88 Å². The summed E-state index contributed by atoms with van der Waals surface area (Å²) < 4.78 is 2.12. The number of aryl methyl sites for hydroxylation is 1. The first-order valence-corrected chi connectivity index (χ1v) is 8.33. The largest absolute Gasteiger partial charge is 0.337 e. The lowest BCUT2D eigenvalue weighted by molar-refractivity contribution is 0.144. The smallest absolute Gasteiger partial charge is 0.127 e. The van der Waals surface area contributed by atoms with Crippen molar-refractivity contribution in [3.05, 3.63) is 34.3 Å². The van der Waals surface area contributed by atoms with E-state index in [9.17, 15) is 0 Å². The molecule has 0 saturated carbocycles. The molecule has 5 nitrogen and oxygen atoms in total. The molecule has 22 heavy (non-hydrogen) atoms. The second-order valence-corrected chi connectivity index (χ2v) is 7.04. The van der Waals surface area contributed by atoms with Gasteiger partial charge in [-0.3, -0.25) is 4.90 Å². The minimum Gasteiger partial charge on any atom is -0.337 e. The molecular weight excluding hydrogens is 318 g/mol. The molecule has 0 amide bonds. The van der Waals surface area contributed by atoms with Crippen LogP contribution in [-0.2, 0) is 13.6 Å². The summed E-state index contributed by atoms with van der Waals surface area (Å²) in [4.78, 5) is 13.0. The molecular formula is C15H24ClN5S. The molecule has 0 bridgehead atoms. The number of hydrogen-bond acceptors (Lipinski definition) is 5. The van der Waals surface area contributed by atoms with E-state index in [0.717, 1.165) is 32.0 Å². The molecule has 1 atom stereocenters. The zero-order chi connectivity index (χ0) is 14.8. The predicted molar refractivity (Wildman–Crippen MR) is 92.7 cm³/mol. The van der Waals surface area contributed by atoms with Gasteiger partial charge in [-0.25, -0.2) is 9.97 Å². The Kier molecular flexibility index (Phi) is 5.97. The molecule has 3 rings (SSSR count). The van der Waals surface area contributed by atoms with Crippen molar-refractivity contribution in [3.8, 4) is 0 Å². The highest BCUT2D eigenvalue weighted by Crippen LogP contribution is 2.26. The second-order valence-electron chi connectivity index (χ2n) is 5.90. The van der Waals surface area contributed by atoms with E-state index in [4.69, 9.17) is 0 Å². The Morgan fingerprint density at radius 3 is 2.86 bits per heavy atom. The van der Waals surface area contributed by atoms with Crippen LogP contribution in [0.1, 0.15) is 41.5 Å². The van der Waals surface area contributed by atoms with E-state index in [1.807, 2.05) is 29.9 Å². The van der Waals surface area contributed by atoms with E-state index in [-0.39, 0.29) is 12.4 Å². The standard InChI is InChI=1S/C15H23N5S.ClH/c1-11(2)13-9-18-14(21-13)10-20-7-4-16-8-12(20)15-17-5-6-19(15)3;/h5-6,9,11-12,16H,4,7-8,10H2,1-3H3;1H. The van der Waals surface area contributed by atoms with Gasteiger partial charge in [0.25, 0.3) is 0 Å². The number of aromatic nitrogens is 3. The maximum absolute atomic E-state index is 4.60. The number of piperazine rings is 1. The van der Waals surface area contributed by atoms with Crippen molar-refractivity contribution in [3.63, 3.8) is 0 Å². The highest BCUT2D eigenvalue weighted by Gasteiger charge is 2.27. The van der Waals surface area contributed by atoms with Gasteiger partial charge in [0.1, 0.15) is 10.8 Å². The Morgan fingerprint density at radius 1 is 1.41 bits per heavy atom. The molecule has 0 aliphatic carbocycles. The third-order valence-corrected chi connectivity index (χ3v) is 5.27. The molecule has 0 aromatic carbocycles. The third-order valence-electron chi connectivity index (χ3n) is 3.99. The summed E-state index contributed by atoms with van der Waals surface area (Å²) in [6.07, 6.45) is 5.92. The van der Waals surface area contributed by atoms with Crippen LogP contribution < -0.4 is 5.32 Å². The first-order chi connectivity index (χ1) is 10.1. The number of nitrogens with one attached hydrogen (secondary N) is 1. The van der Waals surface area contributed by atoms with Crippen LogP contribution in [0.5, 0.6) is 0 Å². The normalized spacial score (nSPS) is 19.4. The highest BCUT2D eigenvalue weighted by atomic mass is 35.5. The molecule has 0 radical (unpaired) electrons. The molecule has 1 unspecified atom stereocenters. The lowest BCUT2D eigenvalue weighted by atomic mass is 10.2. The van der Waals surface area contributed by atoms with E-state index < -0.39 is 0 Å². The van der Waals surface area contributed by atoms with Crippen molar-refractivity contribution < 1.29 is 0 Å². The van der Waals surface area contributed by atoms with E-state index in [1.54, 1.807) is 0 Å². The molecule has 1 fully saturated rings. The van der Waals surface area contributed by atoms with Crippen molar-refractivity contribution in [1.82, 2.24) is 24.8 Å². The Morgan fingerprint density at radius 2 is 2.23 bits per heavy atom. The summed E-state index contributed by atoms with van der Waals surface area (Å²) in [5.41, 5.74) is 0. The van der Waals surface area contributed by atoms with Crippen LogP contribution in [0.4, 0.5) is 0 Å². The van der Waals surface area contributed by atoms with Crippen LogP contribution in [0.2, 0.25) is 0 Å². The lowest BCUT2D eigenvalue weighted by Crippen LogP contribution is -2.46. The highest BCUT2D eigenvalue weighted by molar-refractivity contribution is 7.11. The Bertz CT molecular complexity index is 594. The van der Waals surface area contributed by atoms with E-state index >= 15 is 0 Å². The number of halogens is 1. The zero-order valence-corrected chi connectivity index (χ0v) is 15.0. The van der Waals surface area contributed by atoms with Crippen LogP contribution in [0, 0.1) is 0 Å². The van der Waals surface area contributed by atoms with Crippen LogP contribution in [0.25, 0.3) is 0 Å². The second kappa shape index (κ2) is 7.55. The quantitative estimate of drug-likeness (QED) is 0.928. The average Bonchev–Trinajstić information content (AvgIpc) is 3.09. The van der Waals surface area contributed by atoms with Gasteiger partial charge in [0, 0.05) is 50.1 Å². The van der Waals surface area contributed by atoms with Crippen molar-refractivity contribution in [1.29, 1.82) is 0 Å². The van der Waals surface area contributed by atoms with Crippen LogP contribution in [-0.4, -0.2) is 39.1 Å². The monoisotopic (exact) mass is 341 g/mol. The number of nitrogens with zero attached hydrogens (tertiary/aromatic N) is 4. The molecule has 3 heterocycles. The first kappa shape index (κ1) is 17.4. The van der Waals surface area contributed by atoms with Gasteiger partial charge in [-0.1, -0.05) is 13.8 Å². The SMILES string of the molecule is CC(C)c1cnc(CN2CCNCC2c2nccn2C)s1.Cl. The molecule has 122 valence electrons. The Hall–Kier alpha value is -0.950. The fraction of sp³-hybridized carbons (Fsp3) is 0.600. The molecule has 1 aliphatic rings. The summed E-state index contributed by atoms with van der Waals surface area (Å²) in [6, 6.07) is 0.324. The number of imidazole rings is 1. The van der Waals surface area contributed by atoms with Gasteiger partial charge >= 0.3 is 0 Å². The predicted octanol–water partition coefficient (Wildman–Crippen LogP) is 2.57. The molecule has 1 aliphatic heterocycles. The van der Waals surface area contributed by atoms with Gasteiger partial charge < -0.3 is 9.88 Å². The molecule has 2 aromatic rings. The molecule has 1 N–H and O–H groups in total. The molecule has 7 heteroatoms. The maximum atomic E-state index is 4.60. The summed E-state index contributed by atoms with van der Waals surface area (Å²) in [5.74, 6) is 1.69. The van der Waals surface area contributed by atoms with Crippen LogP contribution in [0.15, 0.2) is 18.6 Å².